The topological polar surface area (TPSA) is 24.9 Å². The van der Waals surface area contributed by atoms with Crippen LogP contribution in [0.5, 0.6) is 0 Å². The molecule has 0 amide bonds. The van der Waals surface area contributed by atoms with Crippen LogP contribution < -0.4 is 5.32 Å². The van der Waals surface area contributed by atoms with Crippen molar-refractivity contribution in [3.05, 3.63) is 29.6 Å². The third-order valence-electron chi connectivity index (χ3n) is 3.24. The lowest BCUT2D eigenvalue weighted by atomic mass is 10.2. The van der Waals surface area contributed by atoms with Gasteiger partial charge in [-0.25, -0.2) is 0 Å². The Morgan fingerprint density at radius 1 is 1.44 bits per heavy atom. The number of pyridine rings is 1. The average molecular weight is 236 g/mol. The molecule has 2 unspecified atom stereocenters. The molecular weight excluding hydrogens is 216 g/mol. The molecule has 1 fully saturated rings. The molecule has 16 heavy (non-hydrogen) atoms. The van der Waals surface area contributed by atoms with Crippen molar-refractivity contribution in [1.29, 1.82) is 0 Å². The van der Waals surface area contributed by atoms with E-state index in [1.54, 1.807) is 0 Å². The number of rotatable bonds is 4. The third-order valence-corrected chi connectivity index (χ3v) is 4.34. The van der Waals surface area contributed by atoms with Crippen molar-refractivity contribution < 1.29 is 0 Å². The molecule has 0 bridgehead atoms. The quantitative estimate of drug-likeness (QED) is 0.870. The van der Waals surface area contributed by atoms with Gasteiger partial charge in [0.05, 0.1) is 0 Å². The number of nitrogens with one attached hydrogen (secondary N) is 1. The summed E-state index contributed by atoms with van der Waals surface area (Å²) >= 11 is 2.01. The second-order valence-corrected chi connectivity index (χ2v) is 5.76. The highest BCUT2D eigenvalue weighted by atomic mass is 32.2. The third kappa shape index (κ3) is 3.22. The highest BCUT2D eigenvalue weighted by molar-refractivity contribution is 7.99. The maximum absolute atomic E-state index is 4.22. The Hall–Kier alpha value is -0.540. The molecule has 0 aliphatic heterocycles. The van der Waals surface area contributed by atoms with Crippen molar-refractivity contribution in [2.24, 2.45) is 0 Å². The Labute approximate surface area is 102 Å². The van der Waals surface area contributed by atoms with Gasteiger partial charge in [0.1, 0.15) is 0 Å². The van der Waals surface area contributed by atoms with Gasteiger partial charge in [-0.2, -0.15) is 11.8 Å². The molecule has 1 aliphatic rings. The molecule has 0 radical (unpaired) electrons. The summed E-state index contributed by atoms with van der Waals surface area (Å²) in [4.78, 5) is 4.22. The molecule has 0 aromatic carbocycles. The zero-order valence-electron chi connectivity index (χ0n) is 10.1. The van der Waals surface area contributed by atoms with Crippen LogP contribution in [0.25, 0.3) is 0 Å². The van der Waals surface area contributed by atoms with Crippen LogP contribution in [0, 0.1) is 6.92 Å². The van der Waals surface area contributed by atoms with E-state index in [0.717, 1.165) is 11.8 Å². The molecule has 1 N–H and O–H groups in total. The zero-order chi connectivity index (χ0) is 11.4. The van der Waals surface area contributed by atoms with Crippen LogP contribution in [0.4, 0.5) is 0 Å². The minimum atomic E-state index is 0.706. The normalized spacial score (nSPS) is 24.9. The molecule has 2 rings (SSSR count). The fourth-order valence-electron chi connectivity index (χ4n) is 2.32. The van der Waals surface area contributed by atoms with Gasteiger partial charge in [0.2, 0.25) is 0 Å². The average Bonchev–Trinajstić information content (AvgIpc) is 2.74. The molecule has 1 aromatic rings. The molecule has 1 aliphatic carbocycles. The maximum Gasteiger partial charge on any atom is 0.0313 e. The molecular formula is C13H20N2S. The van der Waals surface area contributed by atoms with Gasteiger partial charge in [0.15, 0.2) is 0 Å². The molecule has 1 saturated carbocycles. The molecule has 0 spiro atoms. The number of nitrogens with zero attached hydrogens (tertiary/aromatic N) is 1. The van der Waals surface area contributed by atoms with Crippen molar-refractivity contribution >= 4 is 11.8 Å². The fourth-order valence-corrected chi connectivity index (χ4v) is 3.11. The molecule has 88 valence electrons. The van der Waals surface area contributed by atoms with E-state index in [1.807, 2.05) is 24.2 Å². The molecule has 3 heteroatoms. The highest BCUT2D eigenvalue weighted by Crippen LogP contribution is 2.28. The first-order valence-corrected chi connectivity index (χ1v) is 7.23. The lowest BCUT2D eigenvalue weighted by Gasteiger charge is -2.12. The summed E-state index contributed by atoms with van der Waals surface area (Å²) in [6, 6.07) is 2.92. The summed E-state index contributed by atoms with van der Waals surface area (Å²) in [6.45, 7) is 3.05. The first-order valence-electron chi connectivity index (χ1n) is 5.94. The zero-order valence-corrected chi connectivity index (χ0v) is 10.9. The maximum atomic E-state index is 4.22. The second kappa shape index (κ2) is 5.69. The lowest BCUT2D eigenvalue weighted by Crippen LogP contribution is -2.26. The summed E-state index contributed by atoms with van der Waals surface area (Å²) in [5, 5.41) is 4.50. The summed E-state index contributed by atoms with van der Waals surface area (Å²) < 4.78 is 0. The summed E-state index contributed by atoms with van der Waals surface area (Å²) in [6.07, 6.45) is 10.1. The van der Waals surface area contributed by atoms with E-state index in [4.69, 9.17) is 0 Å². The van der Waals surface area contributed by atoms with E-state index in [0.29, 0.717) is 6.04 Å². The van der Waals surface area contributed by atoms with Crippen molar-refractivity contribution in [2.75, 3.05) is 6.26 Å². The van der Waals surface area contributed by atoms with Gasteiger partial charge in [-0.1, -0.05) is 6.07 Å². The smallest absolute Gasteiger partial charge is 0.0313 e. The molecule has 0 saturated heterocycles. The number of aryl methyl sites for hydroxylation is 1. The predicted octanol–water partition coefficient (Wildman–Crippen LogP) is 2.76. The van der Waals surface area contributed by atoms with E-state index in [9.17, 15) is 0 Å². The van der Waals surface area contributed by atoms with Crippen LogP contribution in [0.15, 0.2) is 18.5 Å². The number of hydrogen-bond acceptors (Lipinski definition) is 3. The van der Waals surface area contributed by atoms with Crippen LogP contribution in [0.1, 0.15) is 30.4 Å². The monoisotopic (exact) mass is 236 g/mol. The highest BCUT2D eigenvalue weighted by Gasteiger charge is 2.23. The van der Waals surface area contributed by atoms with E-state index < -0.39 is 0 Å². The van der Waals surface area contributed by atoms with Gasteiger partial charge in [-0.15, -0.1) is 0 Å². The van der Waals surface area contributed by atoms with E-state index in [-0.39, 0.29) is 0 Å². The Kier molecular flexibility index (Phi) is 4.24. The number of aromatic nitrogens is 1. The standard InChI is InChI=1S/C13H20N2S/c1-10-5-11(8-14-7-10)9-15-12-3-4-13(6-12)16-2/h5,7-8,12-13,15H,3-4,6,9H2,1-2H3. The van der Waals surface area contributed by atoms with Gasteiger partial charge >= 0.3 is 0 Å². The summed E-state index contributed by atoms with van der Waals surface area (Å²) in [7, 11) is 0. The fraction of sp³-hybridized carbons (Fsp3) is 0.615. The van der Waals surface area contributed by atoms with Crippen LogP contribution in [-0.2, 0) is 6.54 Å². The molecule has 1 aromatic heterocycles. The summed E-state index contributed by atoms with van der Waals surface area (Å²) in [5.41, 5.74) is 2.54. The van der Waals surface area contributed by atoms with E-state index >= 15 is 0 Å². The lowest BCUT2D eigenvalue weighted by molar-refractivity contribution is 0.524. The molecule has 2 nitrogen and oxygen atoms in total. The van der Waals surface area contributed by atoms with Crippen LogP contribution in [0.2, 0.25) is 0 Å². The second-order valence-electron chi connectivity index (χ2n) is 4.62. The molecule has 1 heterocycles. The Balaban J connectivity index is 1.80. The number of thioether (sulfide) groups is 1. The van der Waals surface area contributed by atoms with Crippen molar-refractivity contribution in [3.8, 4) is 0 Å². The Bertz CT molecular complexity index is 340. The first kappa shape index (κ1) is 11.9. The summed E-state index contributed by atoms with van der Waals surface area (Å²) in [5.74, 6) is 0. The van der Waals surface area contributed by atoms with E-state index in [2.05, 4.69) is 29.5 Å². The van der Waals surface area contributed by atoms with Crippen molar-refractivity contribution in [3.63, 3.8) is 0 Å². The minimum absolute atomic E-state index is 0.706. The van der Waals surface area contributed by atoms with Gasteiger partial charge < -0.3 is 5.32 Å². The van der Waals surface area contributed by atoms with Gasteiger partial charge in [0, 0.05) is 30.2 Å². The largest absolute Gasteiger partial charge is 0.310 e. The Morgan fingerprint density at radius 2 is 2.31 bits per heavy atom. The van der Waals surface area contributed by atoms with Gasteiger partial charge in [-0.05, 0) is 43.6 Å². The van der Waals surface area contributed by atoms with Gasteiger partial charge in [-0.3, -0.25) is 4.98 Å². The van der Waals surface area contributed by atoms with E-state index in [1.165, 1.54) is 30.4 Å². The number of hydrogen-bond donors (Lipinski definition) is 1. The SMILES string of the molecule is CSC1CCC(NCc2cncc(C)c2)C1. The van der Waals surface area contributed by atoms with Crippen LogP contribution >= 0.6 is 11.8 Å². The van der Waals surface area contributed by atoms with Crippen LogP contribution in [-0.4, -0.2) is 22.5 Å². The van der Waals surface area contributed by atoms with Crippen molar-refractivity contribution in [1.82, 2.24) is 10.3 Å². The first-order chi connectivity index (χ1) is 7.78. The minimum Gasteiger partial charge on any atom is -0.310 e. The van der Waals surface area contributed by atoms with Gasteiger partial charge in [0.25, 0.3) is 0 Å². The van der Waals surface area contributed by atoms with Crippen molar-refractivity contribution in [2.45, 2.75) is 44.0 Å². The Morgan fingerprint density at radius 3 is 3.00 bits per heavy atom. The predicted molar refractivity (Wildman–Crippen MR) is 70.8 cm³/mol. The molecule has 2 atom stereocenters. The van der Waals surface area contributed by atoms with Crippen LogP contribution in [0.3, 0.4) is 0 Å².